The minimum atomic E-state index is -5.83. The number of aliphatic hydroxyl groups is 1. The molecule has 10 heteroatoms. The van der Waals surface area contributed by atoms with E-state index in [4.69, 9.17) is 0 Å². The minimum absolute atomic E-state index is 0.0429. The second kappa shape index (κ2) is 12.6. The molecule has 3 saturated carbocycles. The van der Waals surface area contributed by atoms with Gasteiger partial charge in [-0.05, 0) is 106 Å². The van der Waals surface area contributed by atoms with Gasteiger partial charge in [-0.2, -0.15) is 22.0 Å². The summed E-state index contributed by atoms with van der Waals surface area (Å²) in [6, 6.07) is 6.88. The van der Waals surface area contributed by atoms with Crippen LogP contribution in [0.2, 0.25) is 0 Å². The number of allylic oxidation sites excluding steroid dienone is 1. The summed E-state index contributed by atoms with van der Waals surface area (Å²) in [5.74, 6) is -5.45. The van der Waals surface area contributed by atoms with Crippen molar-refractivity contribution in [3.8, 4) is 0 Å². The number of benzene rings is 1. The lowest BCUT2D eigenvalue weighted by atomic mass is 9.43. The molecule has 4 aliphatic carbocycles. The number of fused-ring (bicyclic) bond motifs is 5. The van der Waals surface area contributed by atoms with E-state index in [0.717, 1.165) is 49.7 Å². The number of hydrogen-bond acceptors (Lipinski definition) is 4. The first-order valence-corrected chi connectivity index (χ1v) is 18.7. The summed E-state index contributed by atoms with van der Waals surface area (Å²) in [5.41, 5.74) is -2.90. The summed E-state index contributed by atoms with van der Waals surface area (Å²) in [4.78, 5) is 12.8. The number of aryl methyl sites for hydroxylation is 1. The van der Waals surface area contributed by atoms with Gasteiger partial charge < -0.3 is 5.11 Å². The van der Waals surface area contributed by atoms with Gasteiger partial charge in [0.15, 0.2) is 15.6 Å². The van der Waals surface area contributed by atoms with Crippen molar-refractivity contribution >= 4 is 15.6 Å². The number of alkyl halides is 5. The van der Waals surface area contributed by atoms with E-state index in [9.17, 15) is 31.5 Å². The van der Waals surface area contributed by atoms with Crippen molar-refractivity contribution in [1.82, 2.24) is 0 Å². The molecular weight excluding hydrogens is 623 g/mol. The molecule has 5 rings (SSSR count). The normalized spacial score (nSPS) is 34.9. The van der Waals surface area contributed by atoms with E-state index in [1.165, 1.54) is 6.92 Å². The van der Waals surface area contributed by atoms with E-state index in [1.54, 1.807) is 30.3 Å². The average molecular weight is 673 g/mol. The molecule has 4 aliphatic rings. The van der Waals surface area contributed by atoms with Gasteiger partial charge in [-0.15, -0.1) is 0 Å². The molecule has 1 N–H and O–H groups in total. The number of unbranched alkanes of at least 4 members (excludes halogenated alkanes) is 5. The maximum atomic E-state index is 15.0. The molecule has 0 radical (unpaired) electrons. The van der Waals surface area contributed by atoms with Crippen LogP contribution >= 0.6 is 0 Å². The number of carbonyl (C=O) groups excluding carboxylic acids is 1. The molecular formula is C36H49F5O4S. The predicted octanol–water partition coefficient (Wildman–Crippen LogP) is 9.19. The van der Waals surface area contributed by atoms with Crippen LogP contribution in [0.15, 0.2) is 40.8 Å². The third-order valence-electron chi connectivity index (χ3n) is 12.8. The molecule has 0 heterocycles. The first-order chi connectivity index (χ1) is 21.4. The van der Waals surface area contributed by atoms with Crippen LogP contribution in [-0.2, 0) is 14.6 Å². The lowest BCUT2D eigenvalue weighted by Gasteiger charge is -2.62. The fraction of sp³-hybridized carbons (Fsp3) is 0.750. The molecule has 1 aromatic carbocycles. The second-order valence-corrected chi connectivity index (χ2v) is 17.4. The lowest BCUT2D eigenvalue weighted by molar-refractivity contribution is -0.364. The van der Waals surface area contributed by atoms with Crippen molar-refractivity contribution in [1.29, 1.82) is 0 Å². The van der Waals surface area contributed by atoms with Gasteiger partial charge in [-0.25, -0.2) is 8.42 Å². The third kappa shape index (κ3) is 6.00. The molecule has 0 aliphatic heterocycles. The fourth-order valence-corrected chi connectivity index (χ4v) is 11.4. The first kappa shape index (κ1) is 35.5. The molecule has 1 aromatic rings. The number of rotatable bonds is 11. The minimum Gasteiger partial charge on any atom is -0.383 e. The molecule has 7 atom stereocenters. The number of halogens is 5. The van der Waals surface area contributed by atoms with Crippen LogP contribution in [0.4, 0.5) is 22.0 Å². The van der Waals surface area contributed by atoms with Crippen LogP contribution in [0.3, 0.4) is 0 Å². The monoisotopic (exact) mass is 672 g/mol. The average Bonchev–Trinajstić information content (AvgIpc) is 3.26. The van der Waals surface area contributed by atoms with Crippen LogP contribution < -0.4 is 0 Å². The largest absolute Gasteiger partial charge is 0.456 e. The van der Waals surface area contributed by atoms with Crippen LogP contribution in [0.1, 0.15) is 109 Å². The zero-order chi connectivity index (χ0) is 33.8. The van der Waals surface area contributed by atoms with Gasteiger partial charge in [-0.3, -0.25) is 4.79 Å². The van der Waals surface area contributed by atoms with E-state index in [-0.39, 0.29) is 47.5 Å². The Hall–Kier alpha value is -1.81. The van der Waals surface area contributed by atoms with E-state index in [1.807, 2.05) is 6.92 Å². The van der Waals surface area contributed by atoms with Crippen molar-refractivity contribution in [2.24, 2.45) is 34.5 Å². The number of ketones is 1. The van der Waals surface area contributed by atoms with Gasteiger partial charge in [0.05, 0.1) is 10.6 Å². The molecule has 0 unspecified atom stereocenters. The summed E-state index contributed by atoms with van der Waals surface area (Å²) in [6.45, 7) is 5.52. The predicted molar refractivity (Wildman–Crippen MR) is 167 cm³/mol. The number of hydrogen-bond donors (Lipinski definition) is 1. The Balaban J connectivity index is 1.23. The van der Waals surface area contributed by atoms with Crippen molar-refractivity contribution in [2.45, 2.75) is 133 Å². The maximum Gasteiger partial charge on any atom is 0.456 e. The molecule has 0 bridgehead atoms. The van der Waals surface area contributed by atoms with E-state index < -0.39 is 45.3 Å². The molecule has 0 aromatic heterocycles. The molecule has 0 saturated heterocycles. The van der Waals surface area contributed by atoms with Crippen LogP contribution in [0.25, 0.3) is 0 Å². The Labute approximate surface area is 270 Å². The Morgan fingerprint density at radius 2 is 1.48 bits per heavy atom. The maximum absolute atomic E-state index is 15.0. The quantitative estimate of drug-likeness (QED) is 0.188. The molecule has 258 valence electrons. The van der Waals surface area contributed by atoms with Crippen LogP contribution in [0, 0.1) is 41.4 Å². The highest BCUT2D eigenvalue weighted by Crippen LogP contribution is 2.72. The fourth-order valence-electron chi connectivity index (χ4n) is 10.0. The Kier molecular flexibility index (Phi) is 9.70. The van der Waals surface area contributed by atoms with Gasteiger partial charge in [0.2, 0.25) is 0 Å². The smallest absolute Gasteiger partial charge is 0.383 e. The Bertz CT molecular complexity index is 1420. The standard InChI is InChI=1S/C36H49F5O4S/c1-24-11-13-28(14-12-24)46(44,45)21-9-7-5-4-6-8-10-25-22-26-23-27(42)15-18-32(26,2)29-16-19-33(3)30(31(25)29)17-20-34(33,43)35(37,38)36(39,40)41/h11-14,23,25,29-31,43H,4-10,15-22H2,1-3H3/t25-,29+,30+,31-,32+,33+,34+/m1/s1. The third-order valence-corrected chi connectivity index (χ3v) is 14.6. The molecule has 0 amide bonds. The number of sulfone groups is 1. The summed E-state index contributed by atoms with van der Waals surface area (Å²) in [5, 5.41) is 11.3. The topological polar surface area (TPSA) is 71.4 Å². The van der Waals surface area contributed by atoms with Gasteiger partial charge in [-0.1, -0.05) is 69.2 Å². The molecule has 46 heavy (non-hydrogen) atoms. The van der Waals surface area contributed by atoms with Gasteiger partial charge >= 0.3 is 12.1 Å². The molecule has 3 fully saturated rings. The molecule has 0 spiro atoms. The van der Waals surface area contributed by atoms with Crippen LogP contribution in [-0.4, -0.2) is 42.8 Å². The zero-order valence-corrected chi connectivity index (χ0v) is 28.1. The van der Waals surface area contributed by atoms with Gasteiger partial charge in [0, 0.05) is 11.8 Å². The van der Waals surface area contributed by atoms with Crippen molar-refractivity contribution < 1.29 is 40.3 Å². The highest BCUT2D eigenvalue weighted by Gasteiger charge is 2.79. The SMILES string of the molecule is Cc1ccc(S(=O)(=O)CCCCCCCC[C@@H]2CC3=CC(=O)CC[C@]3(C)[C@H]3CC[C@@]4(C)[C@@H](CC[C@@]4(O)C(F)(F)C(F)(F)F)[C@H]23)cc1. The summed E-state index contributed by atoms with van der Waals surface area (Å²) in [7, 11) is -3.31. The van der Waals surface area contributed by atoms with Crippen molar-refractivity contribution in [3.05, 3.63) is 41.5 Å². The van der Waals surface area contributed by atoms with Gasteiger partial charge in [0.25, 0.3) is 0 Å². The van der Waals surface area contributed by atoms with Crippen LogP contribution in [0.5, 0.6) is 0 Å². The van der Waals surface area contributed by atoms with Crippen molar-refractivity contribution in [2.75, 3.05) is 5.75 Å². The lowest BCUT2D eigenvalue weighted by Crippen LogP contribution is -2.66. The molecule has 4 nitrogen and oxygen atoms in total. The second-order valence-electron chi connectivity index (χ2n) is 15.3. The first-order valence-electron chi connectivity index (χ1n) is 17.1. The van der Waals surface area contributed by atoms with E-state index in [0.29, 0.717) is 37.0 Å². The Morgan fingerprint density at radius 1 is 0.870 bits per heavy atom. The van der Waals surface area contributed by atoms with Crippen molar-refractivity contribution in [3.63, 3.8) is 0 Å². The summed E-state index contributed by atoms with van der Waals surface area (Å²) >= 11 is 0. The summed E-state index contributed by atoms with van der Waals surface area (Å²) < 4.78 is 96.3. The summed E-state index contributed by atoms with van der Waals surface area (Å²) in [6.07, 6.45) is 3.50. The highest BCUT2D eigenvalue weighted by atomic mass is 32.2. The number of carbonyl (C=O) groups is 1. The highest BCUT2D eigenvalue weighted by molar-refractivity contribution is 7.91. The van der Waals surface area contributed by atoms with E-state index >= 15 is 8.78 Å². The zero-order valence-electron chi connectivity index (χ0n) is 27.3. The Morgan fingerprint density at radius 3 is 2.13 bits per heavy atom. The van der Waals surface area contributed by atoms with Gasteiger partial charge in [0.1, 0.15) is 5.60 Å². The van der Waals surface area contributed by atoms with E-state index in [2.05, 4.69) is 6.92 Å².